The maximum absolute atomic E-state index is 13.1. The third kappa shape index (κ3) is 4.95. The molecule has 7 nitrogen and oxygen atoms in total. The molecule has 1 heterocycles. The van der Waals surface area contributed by atoms with Crippen molar-refractivity contribution in [1.29, 1.82) is 0 Å². The SMILES string of the molecule is Cc1c([N+](=O)[O-])c(C(F)F)nn1CC(=O)Nc1ccccc1Sc1ccc(Cl)cc1. The first-order valence-corrected chi connectivity index (χ1v) is 9.78. The number of hydrogen-bond acceptors (Lipinski definition) is 5. The number of amides is 1. The van der Waals surface area contributed by atoms with E-state index in [4.69, 9.17) is 11.6 Å². The molecule has 0 saturated carbocycles. The summed E-state index contributed by atoms with van der Waals surface area (Å²) in [5.41, 5.74) is -1.34. The molecular formula is C19H15ClF2N4O3S. The van der Waals surface area contributed by atoms with Crippen molar-refractivity contribution in [2.24, 2.45) is 0 Å². The number of nitrogens with zero attached hydrogens (tertiary/aromatic N) is 3. The van der Waals surface area contributed by atoms with Gasteiger partial charge < -0.3 is 5.32 Å². The van der Waals surface area contributed by atoms with E-state index in [9.17, 15) is 23.7 Å². The average Bonchev–Trinajstić information content (AvgIpc) is 3.02. The van der Waals surface area contributed by atoms with Gasteiger partial charge in [-0.2, -0.15) is 5.10 Å². The molecule has 0 aliphatic heterocycles. The van der Waals surface area contributed by atoms with Gasteiger partial charge in [-0.05, 0) is 43.3 Å². The Bertz CT molecular complexity index is 1090. The first-order valence-electron chi connectivity index (χ1n) is 8.58. The van der Waals surface area contributed by atoms with E-state index in [0.717, 1.165) is 14.5 Å². The van der Waals surface area contributed by atoms with E-state index in [0.29, 0.717) is 10.7 Å². The van der Waals surface area contributed by atoms with E-state index >= 15 is 0 Å². The number of para-hydroxylation sites is 1. The molecule has 0 atom stereocenters. The van der Waals surface area contributed by atoms with Crippen LogP contribution in [0.25, 0.3) is 0 Å². The topological polar surface area (TPSA) is 90.1 Å². The normalized spacial score (nSPS) is 11.0. The highest BCUT2D eigenvalue weighted by Gasteiger charge is 2.31. The van der Waals surface area contributed by atoms with Crippen LogP contribution < -0.4 is 5.32 Å². The number of carbonyl (C=O) groups is 1. The molecule has 0 spiro atoms. The third-order valence-corrected chi connectivity index (χ3v) is 5.42. The van der Waals surface area contributed by atoms with Crippen LogP contribution in [0.4, 0.5) is 20.2 Å². The van der Waals surface area contributed by atoms with Crippen LogP contribution in [0, 0.1) is 17.0 Å². The molecule has 0 aliphatic rings. The molecule has 30 heavy (non-hydrogen) atoms. The zero-order valence-corrected chi connectivity index (χ0v) is 17.1. The van der Waals surface area contributed by atoms with Crippen LogP contribution in [0.3, 0.4) is 0 Å². The van der Waals surface area contributed by atoms with Gasteiger partial charge in [0.2, 0.25) is 11.6 Å². The van der Waals surface area contributed by atoms with Gasteiger partial charge in [0.15, 0.2) is 0 Å². The van der Waals surface area contributed by atoms with Gasteiger partial charge in [0.05, 0.1) is 10.6 Å². The minimum absolute atomic E-state index is 0.116. The molecule has 0 saturated heterocycles. The van der Waals surface area contributed by atoms with Gasteiger partial charge in [0.25, 0.3) is 6.43 Å². The number of benzene rings is 2. The minimum atomic E-state index is -3.12. The van der Waals surface area contributed by atoms with Crippen molar-refractivity contribution in [2.45, 2.75) is 29.7 Å². The van der Waals surface area contributed by atoms with Gasteiger partial charge >= 0.3 is 5.69 Å². The third-order valence-electron chi connectivity index (χ3n) is 4.09. The van der Waals surface area contributed by atoms with Crippen LogP contribution in [0.2, 0.25) is 5.02 Å². The summed E-state index contributed by atoms with van der Waals surface area (Å²) in [4.78, 5) is 24.3. The summed E-state index contributed by atoms with van der Waals surface area (Å²) in [5.74, 6) is -0.555. The highest BCUT2D eigenvalue weighted by atomic mass is 35.5. The Morgan fingerprint density at radius 3 is 2.53 bits per heavy atom. The summed E-state index contributed by atoms with van der Waals surface area (Å²) in [6.45, 7) is 0.827. The molecule has 0 unspecified atom stereocenters. The number of alkyl halides is 2. The lowest BCUT2D eigenvalue weighted by Gasteiger charge is -2.11. The Hall–Kier alpha value is -2.98. The summed E-state index contributed by atoms with van der Waals surface area (Å²) in [6.07, 6.45) is -3.12. The fraction of sp³-hybridized carbons (Fsp3) is 0.158. The molecule has 0 radical (unpaired) electrons. The van der Waals surface area contributed by atoms with Gasteiger partial charge in [-0.1, -0.05) is 35.5 Å². The maximum atomic E-state index is 13.1. The summed E-state index contributed by atoms with van der Waals surface area (Å²) in [5, 5.41) is 17.9. The average molecular weight is 453 g/mol. The lowest BCUT2D eigenvalue weighted by molar-refractivity contribution is -0.386. The number of anilines is 1. The predicted octanol–water partition coefficient (Wildman–Crippen LogP) is 5.48. The molecule has 11 heteroatoms. The fourth-order valence-corrected chi connectivity index (χ4v) is 3.73. The maximum Gasteiger partial charge on any atom is 0.319 e. The van der Waals surface area contributed by atoms with Gasteiger partial charge in [-0.15, -0.1) is 0 Å². The largest absolute Gasteiger partial charge is 0.323 e. The van der Waals surface area contributed by atoms with Crippen molar-refractivity contribution in [2.75, 3.05) is 5.32 Å². The van der Waals surface area contributed by atoms with Gasteiger partial charge in [-0.3, -0.25) is 19.6 Å². The quantitative estimate of drug-likeness (QED) is 0.378. The number of rotatable bonds is 7. The highest BCUT2D eigenvalue weighted by molar-refractivity contribution is 7.99. The molecule has 1 amide bonds. The number of carbonyl (C=O) groups excluding carboxylic acids is 1. The van der Waals surface area contributed by atoms with Gasteiger partial charge in [-0.25, -0.2) is 8.78 Å². The minimum Gasteiger partial charge on any atom is -0.323 e. The van der Waals surface area contributed by atoms with Crippen molar-refractivity contribution in [1.82, 2.24) is 9.78 Å². The van der Waals surface area contributed by atoms with E-state index in [1.165, 1.54) is 18.7 Å². The second-order valence-corrected chi connectivity index (χ2v) is 7.69. The monoisotopic (exact) mass is 452 g/mol. The molecule has 0 bridgehead atoms. The van der Waals surface area contributed by atoms with Gasteiger partial charge in [0, 0.05) is 14.8 Å². The molecule has 3 aromatic rings. The number of hydrogen-bond donors (Lipinski definition) is 1. The molecule has 3 rings (SSSR count). The van der Waals surface area contributed by atoms with Crippen LogP contribution in [-0.2, 0) is 11.3 Å². The van der Waals surface area contributed by atoms with Crippen molar-refractivity contribution in [3.05, 3.63) is 75.1 Å². The lowest BCUT2D eigenvalue weighted by Crippen LogP contribution is -2.20. The first kappa shape index (κ1) is 21.7. The van der Waals surface area contributed by atoms with Gasteiger partial charge in [0.1, 0.15) is 12.2 Å². The van der Waals surface area contributed by atoms with Crippen LogP contribution in [-0.4, -0.2) is 20.6 Å². The number of aromatic nitrogens is 2. The van der Waals surface area contributed by atoms with Crippen LogP contribution in [0.1, 0.15) is 17.8 Å². The van der Waals surface area contributed by atoms with Crippen molar-refractivity contribution in [3.8, 4) is 0 Å². The van der Waals surface area contributed by atoms with E-state index in [1.807, 2.05) is 24.3 Å². The highest BCUT2D eigenvalue weighted by Crippen LogP contribution is 2.34. The first-order chi connectivity index (χ1) is 14.3. The smallest absolute Gasteiger partial charge is 0.319 e. The summed E-state index contributed by atoms with van der Waals surface area (Å²) in [7, 11) is 0. The summed E-state index contributed by atoms with van der Waals surface area (Å²) in [6, 6.07) is 14.2. The molecule has 0 fully saturated rings. The second kappa shape index (κ2) is 9.23. The molecule has 2 aromatic carbocycles. The van der Waals surface area contributed by atoms with Crippen molar-refractivity contribution < 1.29 is 18.5 Å². The Balaban J connectivity index is 1.78. The van der Waals surface area contributed by atoms with E-state index < -0.39 is 35.2 Å². The second-order valence-electron chi connectivity index (χ2n) is 6.14. The Kier molecular flexibility index (Phi) is 6.68. The summed E-state index contributed by atoms with van der Waals surface area (Å²) >= 11 is 7.30. The molecular weight excluding hydrogens is 438 g/mol. The zero-order valence-electron chi connectivity index (χ0n) is 15.5. The predicted molar refractivity (Wildman–Crippen MR) is 109 cm³/mol. The Morgan fingerprint density at radius 2 is 1.93 bits per heavy atom. The van der Waals surface area contributed by atoms with Crippen molar-refractivity contribution in [3.63, 3.8) is 0 Å². The molecule has 156 valence electrons. The van der Waals surface area contributed by atoms with Crippen LogP contribution >= 0.6 is 23.4 Å². The van der Waals surface area contributed by atoms with E-state index in [-0.39, 0.29) is 5.69 Å². The van der Waals surface area contributed by atoms with Crippen molar-refractivity contribution >= 4 is 40.6 Å². The number of halogens is 3. The van der Waals surface area contributed by atoms with Crippen LogP contribution in [0.15, 0.2) is 58.3 Å². The number of nitro groups is 1. The van der Waals surface area contributed by atoms with Crippen LogP contribution in [0.5, 0.6) is 0 Å². The lowest BCUT2D eigenvalue weighted by atomic mass is 10.3. The standard InChI is InChI=1S/C19H15ClF2N4O3S/c1-11-18(26(28)29)17(19(21)22)24-25(11)10-16(27)23-14-4-2-3-5-15(14)30-13-8-6-12(20)7-9-13/h2-9,19H,10H2,1H3,(H,23,27). The Morgan fingerprint density at radius 1 is 1.27 bits per heavy atom. The fourth-order valence-electron chi connectivity index (χ4n) is 2.70. The van der Waals surface area contributed by atoms with E-state index in [1.54, 1.807) is 24.3 Å². The molecule has 1 N–H and O–H groups in total. The molecule has 0 aliphatic carbocycles. The van der Waals surface area contributed by atoms with E-state index in [2.05, 4.69) is 10.4 Å². The Labute approximate surface area is 179 Å². The zero-order chi connectivity index (χ0) is 21.8. The molecule has 1 aromatic heterocycles. The number of nitrogens with one attached hydrogen (secondary N) is 1. The summed E-state index contributed by atoms with van der Waals surface area (Å²) < 4.78 is 27.0.